The summed E-state index contributed by atoms with van der Waals surface area (Å²) in [6.07, 6.45) is 4.05. The van der Waals surface area contributed by atoms with Gasteiger partial charge in [-0.2, -0.15) is 0 Å². The van der Waals surface area contributed by atoms with Crippen molar-refractivity contribution in [2.75, 3.05) is 11.9 Å². The maximum atomic E-state index is 12.7. The van der Waals surface area contributed by atoms with Crippen molar-refractivity contribution in [3.8, 4) is 0 Å². The molecule has 0 atom stereocenters. The van der Waals surface area contributed by atoms with Gasteiger partial charge in [-0.25, -0.2) is 0 Å². The van der Waals surface area contributed by atoms with Crippen LogP contribution in [0.25, 0.3) is 6.08 Å². The normalized spacial score (nSPS) is 15.9. The molecule has 3 rings (SSSR count). The molecule has 29 heavy (non-hydrogen) atoms. The highest BCUT2D eigenvalue weighted by molar-refractivity contribution is 8.26. The number of thioether (sulfide) groups is 1. The van der Waals surface area contributed by atoms with Crippen LogP contribution in [0.15, 0.2) is 71.2 Å². The lowest BCUT2D eigenvalue weighted by atomic mass is 10.1. The van der Waals surface area contributed by atoms with Gasteiger partial charge in [0.2, 0.25) is 5.91 Å². The number of thiocarbonyl (C=S) groups is 1. The fourth-order valence-corrected chi connectivity index (χ4v) is 4.25. The summed E-state index contributed by atoms with van der Waals surface area (Å²) in [5.41, 5.74) is 3.82. The van der Waals surface area contributed by atoms with Gasteiger partial charge in [0.05, 0.1) is 4.91 Å². The highest BCUT2D eigenvalue weighted by atomic mass is 32.2. The summed E-state index contributed by atoms with van der Waals surface area (Å²) in [6.45, 7) is 4.16. The number of anilines is 1. The number of hydrogen-bond donors (Lipinski definition) is 1. The zero-order valence-electron chi connectivity index (χ0n) is 16.3. The second-order valence-corrected chi connectivity index (χ2v) is 8.42. The summed E-state index contributed by atoms with van der Waals surface area (Å²) in [7, 11) is 0. The smallest absolute Gasteiger partial charge is 0.266 e. The molecule has 148 valence electrons. The Balaban J connectivity index is 1.61. The average Bonchev–Trinajstić information content (AvgIpc) is 2.95. The largest absolute Gasteiger partial charge is 0.326 e. The quantitative estimate of drug-likeness (QED) is 0.515. The molecule has 4 nitrogen and oxygen atoms in total. The number of nitrogens with zero attached hydrogens (tertiary/aromatic N) is 1. The Kier molecular flexibility index (Phi) is 7.01. The first-order chi connectivity index (χ1) is 13.9. The minimum absolute atomic E-state index is 0.141. The molecule has 1 aliphatic rings. The van der Waals surface area contributed by atoms with Gasteiger partial charge in [-0.3, -0.25) is 14.5 Å². The number of carbonyl (C=O) groups excluding carboxylic acids is 2. The molecule has 0 aliphatic carbocycles. The summed E-state index contributed by atoms with van der Waals surface area (Å²) in [4.78, 5) is 27.1. The van der Waals surface area contributed by atoms with Crippen LogP contribution in [0.1, 0.15) is 24.5 Å². The zero-order valence-corrected chi connectivity index (χ0v) is 18.0. The number of carbonyl (C=O) groups is 2. The second-order valence-electron chi connectivity index (χ2n) is 6.75. The first kappa shape index (κ1) is 21.0. The third kappa shape index (κ3) is 5.65. The molecule has 1 fully saturated rings. The summed E-state index contributed by atoms with van der Waals surface area (Å²) in [5.74, 6) is -0.290. The number of nitrogens with one attached hydrogen (secondary N) is 1. The number of allylic oxidation sites excluding steroid dienone is 2. The van der Waals surface area contributed by atoms with Crippen molar-refractivity contribution >= 4 is 51.9 Å². The molecule has 6 heteroatoms. The van der Waals surface area contributed by atoms with Crippen molar-refractivity contribution in [2.24, 2.45) is 0 Å². The Hall–Kier alpha value is -2.70. The molecule has 2 aromatic carbocycles. The molecular weight excluding hydrogens is 400 g/mol. The number of aryl methyl sites for hydroxylation is 1. The van der Waals surface area contributed by atoms with Crippen LogP contribution in [-0.2, 0) is 9.59 Å². The monoisotopic (exact) mass is 422 g/mol. The van der Waals surface area contributed by atoms with E-state index >= 15 is 0 Å². The molecule has 0 unspecified atom stereocenters. The van der Waals surface area contributed by atoms with Crippen LogP contribution in [0.3, 0.4) is 0 Å². The van der Waals surface area contributed by atoms with E-state index in [4.69, 9.17) is 12.2 Å². The first-order valence-corrected chi connectivity index (χ1v) is 10.5. The van der Waals surface area contributed by atoms with Gasteiger partial charge < -0.3 is 5.32 Å². The van der Waals surface area contributed by atoms with Gasteiger partial charge in [0, 0.05) is 18.7 Å². The third-order valence-corrected chi connectivity index (χ3v) is 5.79. The average molecular weight is 423 g/mol. The Labute approximate surface area is 180 Å². The molecule has 1 aliphatic heterocycles. The SMILES string of the molecule is CC(/C=C1\SC(=S)N(CCC(=O)Nc2ccccc2C)C1=O)=C\c1ccccc1. The van der Waals surface area contributed by atoms with E-state index in [1.54, 1.807) is 0 Å². The first-order valence-electron chi connectivity index (χ1n) is 9.28. The van der Waals surface area contributed by atoms with Crippen molar-refractivity contribution in [3.05, 3.63) is 82.3 Å². The molecule has 1 saturated heterocycles. The fourth-order valence-electron chi connectivity index (χ4n) is 2.89. The van der Waals surface area contributed by atoms with Gasteiger partial charge in [0.1, 0.15) is 4.32 Å². The summed E-state index contributed by atoms with van der Waals surface area (Å²) in [6, 6.07) is 17.5. The fraction of sp³-hybridized carbons (Fsp3) is 0.174. The maximum Gasteiger partial charge on any atom is 0.266 e. The lowest BCUT2D eigenvalue weighted by Crippen LogP contribution is -2.31. The molecule has 2 amide bonds. The van der Waals surface area contributed by atoms with E-state index in [2.05, 4.69) is 5.32 Å². The van der Waals surface area contributed by atoms with E-state index in [1.807, 2.05) is 80.6 Å². The molecular formula is C23H22N2O2S2. The van der Waals surface area contributed by atoms with Crippen molar-refractivity contribution in [1.29, 1.82) is 0 Å². The second kappa shape index (κ2) is 9.67. The van der Waals surface area contributed by atoms with Crippen LogP contribution in [0.5, 0.6) is 0 Å². The minimum Gasteiger partial charge on any atom is -0.326 e. The molecule has 0 radical (unpaired) electrons. The van der Waals surface area contributed by atoms with Crippen LogP contribution >= 0.6 is 24.0 Å². The maximum absolute atomic E-state index is 12.7. The highest BCUT2D eigenvalue weighted by Crippen LogP contribution is 2.32. The van der Waals surface area contributed by atoms with Gasteiger partial charge in [-0.15, -0.1) is 0 Å². The summed E-state index contributed by atoms with van der Waals surface area (Å²) in [5, 5.41) is 2.88. The van der Waals surface area contributed by atoms with Gasteiger partial charge in [0.25, 0.3) is 5.91 Å². The predicted molar refractivity (Wildman–Crippen MR) is 125 cm³/mol. The number of amides is 2. The molecule has 0 aromatic heterocycles. The molecule has 0 bridgehead atoms. The van der Waals surface area contributed by atoms with E-state index in [0.717, 1.165) is 22.4 Å². The molecule has 1 heterocycles. The molecule has 2 aromatic rings. The minimum atomic E-state index is -0.149. The van der Waals surface area contributed by atoms with Gasteiger partial charge >= 0.3 is 0 Å². The van der Waals surface area contributed by atoms with E-state index in [1.165, 1.54) is 16.7 Å². The number of rotatable bonds is 6. The van der Waals surface area contributed by atoms with Crippen LogP contribution in [0.4, 0.5) is 5.69 Å². The van der Waals surface area contributed by atoms with Crippen LogP contribution < -0.4 is 5.32 Å². The Bertz CT molecular complexity index is 997. The van der Waals surface area contributed by atoms with Crippen molar-refractivity contribution in [1.82, 2.24) is 4.90 Å². The Morgan fingerprint density at radius 2 is 1.83 bits per heavy atom. The standard InChI is InChI=1S/C23H22N2O2S2/c1-16(14-18-9-4-3-5-10-18)15-20-22(27)25(23(28)29-20)13-12-21(26)24-19-11-7-6-8-17(19)2/h3-11,14-15H,12-13H2,1-2H3,(H,24,26)/b16-14+,20-15-. The van der Waals surface area contributed by atoms with E-state index in [9.17, 15) is 9.59 Å². The van der Waals surface area contributed by atoms with Crippen LogP contribution in [0.2, 0.25) is 0 Å². The van der Waals surface area contributed by atoms with Crippen molar-refractivity contribution in [2.45, 2.75) is 20.3 Å². The summed E-state index contributed by atoms with van der Waals surface area (Å²) >= 11 is 6.63. The van der Waals surface area contributed by atoms with Crippen molar-refractivity contribution in [3.63, 3.8) is 0 Å². The zero-order chi connectivity index (χ0) is 20.8. The van der Waals surface area contributed by atoms with Gasteiger partial charge in [0.15, 0.2) is 0 Å². The Morgan fingerprint density at radius 3 is 2.55 bits per heavy atom. The highest BCUT2D eigenvalue weighted by Gasteiger charge is 2.32. The molecule has 1 N–H and O–H groups in total. The number of hydrogen-bond acceptors (Lipinski definition) is 4. The summed E-state index contributed by atoms with van der Waals surface area (Å²) < 4.78 is 0.484. The topological polar surface area (TPSA) is 49.4 Å². The van der Waals surface area contributed by atoms with Gasteiger partial charge in [-0.1, -0.05) is 78.6 Å². The lowest BCUT2D eigenvalue weighted by molar-refractivity contribution is -0.122. The lowest BCUT2D eigenvalue weighted by Gasteiger charge is -2.14. The Morgan fingerprint density at radius 1 is 1.14 bits per heavy atom. The molecule has 0 spiro atoms. The van der Waals surface area contributed by atoms with E-state index in [-0.39, 0.29) is 24.8 Å². The van der Waals surface area contributed by atoms with Gasteiger partial charge in [-0.05, 0) is 42.7 Å². The van der Waals surface area contributed by atoms with E-state index < -0.39 is 0 Å². The van der Waals surface area contributed by atoms with Crippen LogP contribution in [0, 0.1) is 6.92 Å². The van der Waals surface area contributed by atoms with E-state index in [0.29, 0.717) is 9.23 Å². The predicted octanol–water partition coefficient (Wildman–Crippen LogP) is 5.17. The number of benzene rings is 2. The van der Waals surface area contributed by atoms with Crippen molar-refractivity contribution < 1.29 is 9.59 Å². The third-order valence-electron chi connectivity index (χ3n) is 4.41. The number of para-hydroxylation sites is 1. The van der Waals surface area contributed by atoms with Crippen LogP contribution in [-0.4, -0.2) is 27.6 Å². The molecule has 0 saturated carbocycles.